The van der Waals surface area contributed by atoms with Crippen LogP contribution in [0.2, 0.25) is 0 Å². The summed E-state index contributed by atoms with van der Waals surface area (Å²) in [6.07, 6.45) is 3.35. The number of hydrogen-bond donors (Lipinski definition) is 2. The molecule has 0 saturated carbocycles. The summed E-state index contributed by atoms with van der Waals surface area (Å²) in [6, 6.07) is 5.27. The van der Waals surface area contributed by atoms with E-state index in [1.165, 1.54) is 0 Å². The lowest BCUT2D eigenvalue weighted by atomic mass is 10.0. The number of anilines is 1. The SMILES string of the molecule is CC1(C)CCCN1S(=O)(=O)c1c[nH]c2ccc(N)cc12. The van der Waals surface area contributed by atoms with Crippen molar-refractivity contribution in [3.8, 4) is 0 Å². The van der Waals surface area contributed by atoms with E-state index in [0.29, 0.717) is 22.5 Å². The number of benzene rings is 1. The molecule has 108 valence electrons. The van der Waals surface area contributed by atoms with E-state index in [9.17, 15) is 8.42 Å². The van der Waals surface area contributed by atoms with E-state index < -0.39 is 10.0 Å². The predicted molar refractivity (Wildman–Crippen MR) is 79.9 cm³/mol. The molecule has 0 spiro atoms. The van der Waals surface area contributed by atoms with Gasteiger partial charge in [-0.05, 0) is 44.9 Å². The molecule has 3 rings (SSSR count). The van der Waals surface area contributed by atoms with Crippen molar-refractivity contribution in [2.75, 3.05) is 12.3 Å². The first-order valence-corrected chi connectivity index (χ1v) is 8.16. The summed E-state index contributed by atoms with van der Waals surface area (Å²) in [7, 11) is -3.50. The summed E-state index contributed by atoms with van der Waals surface area (Å²) in [5, 5.41) is 0.660. The quantitative estimate of drug-likeness (QED) is 0.834. The minimum absolute atomic E-state index is 0.315. The smallest absolute Gasteiger partial charge is 0.245 e. The maximum absolute atomic E-state index is 12.9. The van der Waals surface area contributed by atoms with Crippen LogP contribution in [0.1, 0.15) is 26.7 Å². The monoisotopic (exact) mass is 293 g/mol. The second kappa shape index (κ2) is 4.23. The Kier molecular flexibility index (Phi) is 2.85. The summed E-state index contributed by atoms with van der Waals surface area (Å²) < 4.78 is 27.4. The van der Waals surface area contributed by atoms with Gasteiger partial charge in [0.1, 0.15) is 4.90 Å². The summed E-state index contributed by atoms with van der Waals surface area (Å²) in [5.41, 5.74) is 6.80. The third-order valence-electron chi connectivity index (χ3n) is 4.06. The largest absolute Gasteiger partial charge is 0.399 e. The lowest BCUT2D eigenvalue weighted by Crippen LogP contribution is -2.42. The van der Waals surface area contributed by atoms with Crippen LogP contribution in [0, 0.1) is 0 Å². The van der Waals surface area contributed by atoms with Crippen LogP contribution in [0.5, 0.6) is 0 Å². The normalized spacial score (nSPS) is 19.7. The molecule has 20 heavy (non-hydrogen) atoms. The van der Waals surface area contributed by atoms with Gasteiger partial charge in [0.25, 0.3) is 0 Å². The van der Waals surface area contributed by atoms with Gasteiger partial charge in [-0.2, -0.15) is 4.31 Å². The molecule has 0 radical (unpaired) electrons. The lowest BCUT2D eigenvalue weighted by Gasteiger charge is -2.30. The molecule has 0 unspecified atom stereocenters. The molecule has 1 aliphatic heterocycles. The van der Waals surface area contributed by atoms with Crippen molar-refractivity contribution in [3.05, 3.63) is 24.4 Å². The number of hydrogen-bond acceptors (Lipinski definition) is 3. The number of aromatic amines is 1. The average molecular weight is 293 g/mol. The first-order valence-electron chi connectivity index (χ1n) is 6.72. The fourth-order valence-electron chi connectivity index (χ4n) is 2.97. The molecule has 1 aromatic carbocycles. The molecule has 0 atom stereocenters. The van der Waals surface area contributed by atoms with Crippen molar-refractivity contribution in [2.45, 2.75) is 37.1 Å². The Hall–Kier alpha value is -1.53. The van der Waals surface area contributed by atoms with Gasteiger partial charge < -0.3 is 10.7 Å². The highest BCUT2D eigenvalue weighted by atomic mass is 32.2. The maximum atomic E-state index is 12.9. The van der Waals surface area contributed by atoms with Crippen molar-refractivity contribution >= 4 is 26.6 Å². The van der Waals surface area contributed by atoms with Gasteiger partial charge in [0.15, 0.2) is 0 Å². The molecular formula is C14H19N3O2S. The number of nitrogens with two attached hydrogens (primary N) is 1. The molecule has 6 heteroatoms. The Bertz CT molecular complexity index is 762. The highest BCUT2D eigenvalue weighted by molar-refractivity contribution is 7.89. The van der Waals surface area contributed by atoms with Gasteiger partial charge >= 0.3 is 0 Å². The summed E-state index contributed by atoms with van der Waals surface area (Å²) >= 11 is 0. The molecule has 3 N–H and O–H groups in total. The fourth-order valence-corrected chi connectivity index (χ4v) is 4.98. The van der Waals surface area contributed by atoms with Gasteiger partial charge in [0, 0.05) is 34.9 Å². The van der Waals surface area contributed by atoms with Crippen LogP contribution in [0.15, 0.2) is 29.3 Å². The highest BCUT2D eigenvalue weighted by Crippen LogP contribution is 2.36. The van der Waals surface area contributed by atoms with E-state index in [4.69, 9.17) is 5.73 Å². The summed E-state index contributed by atoms with van der Waals surface area (Å²) in [5.74, 6) is 0. The second-order valence-electron chi connectivity index (χ2n) is 5.95. The number of H-pyrrole nitrogens is 1. The van der Waals surface area contributed by atoms with Crippen LogP contribution in [-0.4, -0.2) is 29.8 Å². The minimum atomic E-state index is -3.50. The van der Waals surface area contributed by atoms with Crippen molar-refractivity contribution in [1.82, 2.24) is 9.29 Å². The molecule has 0 amide bonds. The molecule has 1 fully saturated rings. The van der Waals surface area contributed by atoms with Gasteiger partial charge in [-0.1, -0.05) is 0 Å². The number of fused-ring (bicyclic) bond motifs is 1. The topological polar surface area (TPSA) is 79.2 Å². The summed E-state index contributed by atoms with van der Waals surface area (Å²) in [4.78, 5) is 3.33. The van der Waals surface area contributed by atoms with Crippen molar-refractivity contribution in [3.63, 3.8) is 0 Å². The van der Waals surface area contributed by atoms with Crippen LogP contribution >= 0.6 is 0 Å². The predicted octanol–water partition coefficient (Wildman–Crippen LogP) is 2.31. The number of rotatable bonds is 2. The first kappa shape index (κ1) is 13.5. The van der Waals surface area contributed by atoms with Gasteiger partial charge in [0.2, 0.25) is 10.0 Å². The van der Waals surface area contributed by atoms with Crippen molar-refractivity contribution in [1.29, 1.82) is 0 Å². The number of aromatic nitrogens is 1. The van der Waals surface area contributed by atoms with E-state index in [1.807, 2.05) is 13.8 Å². The van der Waals surface area contributed by atoms with Crippen LogP contribution < -0.4 is 5.73 Å². The third kappa shape index (κ3) is 1.91. The zero-order valence-electron chi connectivity index (χ0n) is 11.7. The lowest BCUT2D eigenvalue weighted by molar-refractivity contribution is 0.292. The molecule has 1 saturated heterocycles. The van der Waals surface area contributed by atoms with Crippen LogP contribution in [0.4, 0.5) is 5.69 Å². The van der Waals surface area contributed by atoms with E-state index >= 15 is 0 Å². The molecular weight excluding hydrogens is 274 g/mol. The van der Waals surface area contributed by atoms with Crippen LogP contribution in [0.25, 0.3) is 10.9 Å². The van der Waals surface area contributed by atoms with Gasteiger partial charge in [-0.15, -0.1) is 0 Å². The van der Waals surface area contributed by atoms with Crippen LogP contribution in [0.3, 0.4) is 0 Å². The molecule has 1 aliphatic rings. The minimum Gasteiger partial charge on any atom is -0.399 e. The Morgan fingerprint density at radius 1 is 1.35 bits per heavy atom. The molecule has 0 bridgehead atoms. The molecule has 2 aromatic rings. The molecule has 5 nitrogen and oxygen atoms in total. The Labute approximate surface area is 118 Å². The van der Waals surface area contributed by atoms with Crippen LogP contribution in [-0.2, 0) is 10.0 Å². The van der Waals surface area contributed by atoms with Gasteiger partial charge in [0.05, 0.1) is 0 Å². The number of nitrogens with zero attached hydrogens (tertiary/aromatic N) is 1. The highest BCUT2D eigenvalue weighted by Gasteiger charge is 2.41. The van der Waals surface area contributed by atoms with Crippen molar-refractivity contribution < 1.29 is 8.42 Å². The number of sulfonamides is 1. The molecule has 0 aliphatic carbocycles. The standard InChI is InChI=1S/C14H19N3O2S/c1-14(2)6-3-7-17(14)20(18,19)13-9-16-12-5-4-10(15)8-11(12)13/h4-5,8-9,16H,3,6-7,15H2,1-2H3. The second-order valence-corrected chi connectivity index (χ2v) is 7.78. The summed E-state index contributed by atoms with van der Waals surface area (Å²) in [6.45, 7) is 4.52. The number of nitrogen functional groups attached to an aromatic ring is 1. The molecule has 2 heterocycles. The Morgan fingerprint density at radius 2 is 2.10 bits per heavy atom. The number of nitrogens with one attached hydrogen (secondary N) is 1. The van der Waals surface area contributed by atoms with Crippen molar-refractivity contribution in [2.24, 2.45) is 0 Å². The Morgan fingerprint density at radius 3 is 2.75 bits per heavy atom. The van der Waals surface area contributed by atoms with Gasteiger partial charge in [-0.25, -0.2) is 8.42 Å². The average Bonchev–Trinajstić information content (AvgIpc) is 2.91. The van der Waals surface area contributed by atoms with E-state index in [-0.39, 0.29) is 5.54 Å². The van der Waals surface area contributed by atoms with E-state index in [0.717, 1.165) is 18.4 Å². The van der Waals surface area contributed by atoms with E-state index in [1.54, 1.807) is 28.7 Å². The first-order chi connectivity index (χ1) is 9.32. The van der Waals surface area contributed by atoms with Gasteiger partial charge in [-0.3, -0.25) is 0 Å². The zero-order valence-corrected chi connectivity index (χ0v) is 12.5. The fraction of sp³-hybridized carbons (Fsp3) is 0.429. The maximum Gasteiger partial charge on any atom is 0.245 e. The Balaban J connectivity index is 2.17. The zero-order chi connectivity index (χ0) is 14.5. The molecule has 1 aromatic heterocycles. The van der Waals surface area contributed by atoms with E-state index in [2.05, 4.69) is 4.98 Å². The third-order valence-corrected chi connectivity index (χ3v) is 6.21.